The van der Waals surface area contributed by atoms with Crippen LogP contribution in [0, 0.1) is 5.82 Å². The number of thioether (sulfide) groups is 1. The Bertz CT molecular complexity index is 794. The molecule has 1 atom stereocenters. The van der Waals surface area contributed by atoms with Crippen molar-refractivity contribution >= 4 is 44.0 Å². The van der Waals surface area contributed by atoms with Crippen LogP contribution in [-0.4, -0.2) is 34.4 Å². The van der Waals surface area contributed by atoms with Gasteiger partial charge in [-0.25, -0.2) is 4.39 Å². The summed E-state index contributed by atoms with van der Waals surface area (Å²) < 4.78 is 14.6. The van der Waals surface area contributed by atoms with Crippen molar-refractivity contribution in [3.63, 3.8) is 0 Å². The molecule has 21 heavy (non-hydrogen) atoms. The van der Waals surface area contributed by atoms with Gasteiger partial charge in [-0.1, -0.05) is 11.8 Å². The van der Waals surface area contributed by atoms with E-state index in [0.29, 0.717) is 4.70 Å². The SMILES string of the molecule is CC(O)C1=C(c2ccc(F)c3sccc23)N2CCN=C2S1. The zero-order chi connectivity index (χ0) is 14.6. The molecule has 0 fully saturated rings. The summed E-state index contributed by atoms with van der Waals surface area (Å²) in [6, 6.07) is 5.27. The number of halogens is 1. The molecule has 6 heteroatoms. The fourth-order valence-corrected chi connectivity index (χ4v) is 4.76. The van der Waals surface area contributed by atoms with Gasteiger partial charge in [0, 0.05) is 22.4 Å². The van der Waals surface area contributed by atoms with Crippen LogP contribution in [0.25, 0.3) is 15.8 Å². The molecule has 0 amide bonds. The van der Waals surface area contributed by atoms with Crippen molar-refractivity contribution in [1.82, 2.24) is 4.90 Å². The summed E-state index contributed by atoms with van der Waals surface area (Å²) >= 11 is 2.93. The Hall–Kier alpha value is -1.37. The highest BCUT2D eigenvalue weighted by atomic mass is 32.2. The second-order valence-corrected chi connectivity index (χ2v) is 6.99. The summed E-state index contributed by atoms with van der Waals surface area (Å²) in [7, 11) is 0. The van der Waals surface area contributed by atoms with E-state index in [0.717, 1.165) is 39.8 Å². The molecule has 2 aliphatic rings. The molecule has 2 aromatic rings. The Balaban J connectivity index is 1.97. The first-order valence-corrected chi connectivity index (χ1v) is 8.44. The summed E-state index contributed by atoms with van der Waals surface area (Å²) in [4.78, 5) is 7.50. The molecule has 4 rings (SSSR count). The van der Waals surface area contributed by atoms with Crippen molar-refractivity contribution < 1.29 is 9.50 Å². The van der Waals surface area contributed by atoms with Gasteiger partial charge in [-0.3, -0.25) is 4.99 Å². The predicted octanol–water partition coefficient (Wildman–Crippen LogP) is 3.51. The minimum Gasteiger partial charge on any atom is -0.388 e. The lowest BCUT2D eigenvalue weighted by Crippen LogP contribution is -2.20. The van der Waals surface area contributed by atoms with Gasteiger partial charge in [0.15, 0.2) is 5.17 Å². The van der Waals surface area contributed by atoms with Crippen LogP contribution in [0.5, 0.6) is 0 Å². The number of nitrogens with zero attached hydrogens (tertiary/aromatic N) is 2. The van der Waals surface area contributed by atoms with Crippen LogP contribution in [0.1, 0.15) is 12.5 Å². The van der Waals surface area contributed by atoms with E-state index < -0.39 is 6.10 Å². The maximum absolute atomic E-state index is 13.9. The predicted molar refractivity (Wildman–Crippen MR) is 87.0 cm³/mol. The number of amidine groups is 1. The fourth-order valence-electron chi connectivity index (χ4n) is 2.80. The van der Waals surface area contributed by atoms with E-state index in [1.807, 2.05) is 17.5 Å². The summed E-state index contributed by atoms with van der Waals surface area (Å²) in [5.74, 6) is -0.191. The monoisotopic (exact) mass is 320 g/mol. The largest absolute Gasteiger partial charge is 0.388 e. The zero-order valence-corrected chi connectivity index (χ0v) is 13.0. The highest BCUT2D eigenvalue weighted by molar-refractivity contribution is 8.17. The van der Waals surface area contributed by atoms with E-state index in [9.17, 15) is 9.50 Å². The average Bonchev–Trinajstić information content (AvgIpc) is 3.13. The van der Waals surface area contributed by atoms with E-state index in [-0.39, 0.29) is 5.82 Å². The molecule has 1 unspecified atom stereocenters. The standard InChI is InChI=1S/C15H13FN2OS2/c1-8(19)13-12(18-6-5-17-15(18)21-13)9-2-3-11(16)14-10(9)4-7-20-14/h2-4,7-8,19H,5-6H2,1H3. The van der Waals surface area contributed by atoms with E-state index in [1.54, 1.807) is 6.92 Å². The lowest BCUT2D eigenvalue weighted by atomic mass is 10.0. The van der Waals surface area contributed by atoms with Gasteiger partial charge >= 0.3 is 0 Å². The topological polar surface area (TPSA) is 35.8 Å². The molecular weight excluding hydrogens is 307 g/mol. The maximum Gasteiger partial charge on any atom is 0.168 e. The number of rotatable bonds is 2. The van der Waals surface area contributed by atoms with E-state index in [4.69, 9.17) is 0 Å². The van der Waals surface area contributed by atoms with Crippen molar-refractivity contribution in [3.8, 4) is 0 Å². The van der Waals surface area contributed by atoms with Crippen molar-refractivity contribution in [2.75, 3.05) is 13.1 Å². The Kier molecular flexibility index (Phi) is 3.06. The molecule has 0 spiro atoms. The molecule has 3 heterocycles. The number of hydrogen-bond acceptors (Lipinski definition) is 5. The number of fused-ring (bicyclic) bond motifs is 2. The van der Waals surface area contributed by atoms with Gasteiger partial charge < -0.3 is 10.0 Å². The van der Waals surface area contributed by atoms with Gasteiger partial charge in [0.2, 0.25) is 0 Å². The van der Waals surface area contributed by atoms with Crippen LogP contribution in [-0.2, 0) is 0 Å². The first-order chi connectivity index (χ1) is 10.2. The zero-order valence-electron chi connectivity index (χ0n) is 11.3. The normalized spacial score (nSPS) is 19.4. The van der Waals surface area contributed by atoms with Crippen LogP contribution in [0.2, 0.25) is 0 Å². The quantitative estimate of drug-likeness (QED) is 0.920. The fraction of sp³-hybridized carbons (Fsp3) is 0.267. The number of aliphatic hydroxyl groups excluding tert-OH is 1. The summed E-state index contributed by atoms with van der Waals surface area (Å²) in [6.07, 6.45) is -0.558. The van der Waals surface area contributed by atoms with Crippen molar-refractivity contribution in [1.29, 1.82) is 0 Å². The van der Waals surface area contributed by atoms with Crippen LogP contribution >= 0.6 is 23.1 Å². The molecule has 1 aromatic carbocycles. The average molecular weight is 320 g/mol. The highest BCUT2D eigenvalue weighted by Crippen LogP contribution is 2.45. The number of hydrogen-bond donors (Lipinski definition) is 1. The molecule has 0 bridgehead atoms. The second-order valence-electron chi connectivity index (χ2n) is 5.07. The molecular formula is C15H13FN2OS2. The number of thiophene rings is 1. The smallest absolute Gasteiger partial charge is 0.168 e. The van der Waals surface area contributed by atoms with Crippen molar-refractivity contribution in [2.24, 2.45) is 4.99 Å². The summed E-state index contributed by atoms with van der Waals surface area (Å²) in [5.41, 5.74) is 1.96. The molecule has 1 aromatic heterocycles. The Morgan fingerprint density at radius 2 is 2.24 bits per heavy atom. The number of aliphatic imine (C=N–C) groups is 1. The first-order valence-electron chi connectivity index (χ1n) is 6.75. The van der Waals surface area contributed by atoms with Gasteiger partial charge in [-0.15, -0.1) is 11.3 Å². The molecule has 108 valence electrons. The number of aliphatic hydroxyl groups is 1. The van der Waals surface area contributed by atoms with Crippen LogP contribution < -0.4 is 0 Å². The van der Waals surface area contributed by atoms with Gasteiger partial charge in [0.05, 0.1) is 23.0 Å². The van der Waals surface area contributed by atoms with Gasteiger partial charge in [0.1, 0.15) is 5.82 Å². The lowest BCUT2D eigenvalue weighted by Gasteiger charge is -2.19. The van der Waals surface area contributed by atoms with Gasteiger partial charge in [-0.2, -0.15) is 0 Å². The first kappa shape index (κ1) is 13.3. The number of benzene rings is 1. The van der Waals surface area contributed by atoms with Gasteiger partial charge in [-0.05, 0) is 30.5 Å². The minimum atomic E-state index is -0.558. The Morgan fingerprint density at radius 1 is 1.38 bits per heavy atom. The molecule has 0 aliphatic carbocycles. The van der Waals surface area contributed by atoms with Crippen LogP contribution in [0.4, 0.5) is 4.39 Å². The molecule has 2 aliphatic heterocycles. The van der Waals surface area contributed by atoms with E-state index >= 15 is 0 Å². The third kappa shape index (κ3) is 1.93. The van der Waals surface area contributed by atoms with Crippen LogP contribution in [0.3, 0.4) is 0 Å². The lowest BCUT2D eigenvalue weighted by molar-refractivity contribution is 0.240. The third-order valence-corrected chi connectivity index (χ3v) is 5.92. The van der Waals surface area contributed by atoms with Crippen LogP contribution in [0.15, 0.2) is 33.5 Å². The minimum absolute atomic E-state index is 0.191. The molecule has 1 N–H and O–H groups in total. The van der Waals surface area contributed by atoms with Crippen molar-refractivity contribution in [3.05, 3.63) is 39.9 Å². The van der Waals surface area contributed by atoms with Crippen molar-refractivity contribution in [2.45, 2.75) is 13.0 Å². The van der Waals surface area contributed by atoms with E-state index in [2.05, 4.69) is 9.89 Å². The second kappa shape index (κ2) is 4.83. The summed E-state index contributed by atoms with van der Waals surface area (Å²) in [5, 5.41) is 13.8. The molecule has 0 saturated carbocycles. The Labute approximate surface area is 129 Å². The molecule has 0 saturated heterocycles. The Morgan fingerprint density at radius 3 is 3.05 bits per heavy atom. The molecule has 3 nitrogen and oxygen atoms in total. The summed E-state index contributed by atoms with van der Waals surface area (Å²) in [6.45, 7) is 3.35. The highest BCUT2D eigenvalue weighted by Gasteiger charge is 2.35. The van der Waals surface area contributed by atoms with E-state index in [1.165, 1.54) is 29.2 Å². The molecule has 0 radical (unpaired) electrons. The maximum atomic E-state index is 13.9. The third-order valence-electron chi connectivity index (χ3n) is 3.71. The van der Waals surface area contributed by atoms with Gasteiger partial charge in [0.25, 0.3) is 0 Å².